The molecule has 1 atom stereocenters. The Labute approximate surface area is 139 Å². The van der Waals surface area contributed by atoms with E-state index in [2.05, 4.69) is 5.32 Å². The van der Waals surface area contributed by atoms with Gasteiger partial charge in [-0.15, -0.1) is 0 Å². The van der Waals surface area contributed by atoms with Crippen LogP contribution in [0.3, 0.4) is 0 Å². The Hall–Kier alpha value is -2.02. The Morgan fingerprint density at radius 3 is 2.78 bits per heavy atom. The van der Waals surface area contributed by atoms with Crippen LogP contribution < -0.4 is 5.32 Å². The van der Waals surface area contributed by atoms with Crippen molar-refractivity contribution in [2.75, 3.05) is 25.7 Å². The summed E-state index contributed by atoms with van der Waals surface area (Å²) in [4.78, 5) is 37.6. The van der Waals surface area contributed by atoms with Gasteiger partial charge in [0, 0.05) is 12.1 Å². The average molecular weight is 336 g/mol. The highest BCUT2D eigenvalue weighted by Gasteiger charge is 2.29. The molecule has 1 aliphatic heterocycles. The molecule has 2 rings (SSSR count). The summed E-state index contributed by atoms with van der Waals surface area (Å²) in [7, 11) is 1.29. The summed E-state index contributed by atoms with van der Waals surface area (Å²) < 4.78 is 4.71. The fourth-order valence-electron chi connectivity index (χ4n) is 2.48. The fourth-order valence-corrected chi connectivity index (χ4v) is 2.95. The van der Waals surface area contributed by atoms with Crippen LogP contribution in [0.15, 0.2) is 24.3 Å². The Bertz CT molecular complexity index is 605. The molecule has 0 fully saturated rings. The lowest BCUT2D eigenvalue weighted by Gasteiger charge is -2.19. The smallest absolute Gasteiger partial charge is 0.328 e. The summed E-state index contributed by atoms with van der Waals surface area (Å²) in [6, 6.07) is 6.62. The number of carbonyl (C=O) groups is 3. The van der Waals surface area contributed by atoms with E-state index in [1.165, 1.54) is 12.0 Å². The molecule has 1 N–H and O–H groups in total. The highest BCUT2D eigenvalue weighted by molar-refractivity contribution is 7.98. The van der Waals surface area contributed by atoms with Gasteiger partial charge < -0.3 is 15.0 Å². The van der Waals surface area contributed by atoms with Crippen LogP contribution in [0.5, 0.6) is 0 Å². The lowest BCUT2D eigenvalue weighted by Crippen LogP contribution is -2.46. The second-order valence-electron chi connectivity index (χ2n) is 5.24. The maximum atomic E-state index is 12.2. The van der Waals surface area contributed by atoms with Crippen molar-refractivity contribution in [1.82, 2.24) is 10.2 Å². The first-order valence-electron chi connectivity index (χ1n) is 7.30. The summed E-state index contributed by atoms with van der Waals surface area (Å²) in [5, 5.41) is 2.66. The molecular weight excluding hydrogens is 316 g/mol. The molecule has 1 heterocycles. The van der Waals surface area contributed by atoms with Crippen molar-refractivity contribution in [1.29, 1.82) is 0 Å². The van der Waals surface area contributed by atoms with Gasteiger partial charge >= 0.3 is 5.97 Å². The molecule has 0 radical (unpaired) electrons. The number of hydrogen-bond acceptors (Lipinski definition) is 5. The minimum absolute atomic E-state index is 0.0692. The molecule has 0 aromatic heterocycles. The van der Waals surface area contributed by atoms with Gasteiger partial charge in [-0.3, -0.25) is 9.59 Å². The van der Waals surface area contributed by atoms with E-state index in [1.54, 1.807) is 23.9 Å². The Balaban J connectivity index is 1.94. The number of hydrogen-bond donors (Lipinski definition) is 1. The maximum absolute atomic E-state index is 12.2. The first-order chi connectivity index (χ1) is 11.1. The third-order valence-electron chi connectivity index (χ3n) is 3.66. The number of nitrogens with one attached hydrogen (secondary N) is 1. The minimum atomic E-state index is -0.681. The van der Waals surface area contributed by atoms with Crippen molar-refractivity contribution >= 4 is 29.5 Å². The maximum Gasteiger partial charge on any atom is 0.328 e. The van der Waals surface area contributed by atoms with E-state index in [0.29, 0.717) is 18.5 Å². The molecule has 1 aromatic carbocycles. The van der Waals surface area contributed by atoms with Crippen LogP contribution in [-0.2, 0) is 20.9 Å². The van der Waals surface area contributed by atoms with Crippen molar-refractivity contribution in [3.05, 3.63) is 35.4 Å². The number of carbonyl (C=O) groups excluding carboxylic acids is 3. The lowest BCUT2D eigenvalue weighted by atomic mass is 10.1. The van der Waals surface area contributed by atoms with Gasteiger partial charge in [0.2, 0.25) is 5.91 Å². The molecule has 23 heavy (non-hydrogen) atoms. The van der Waals surface area contributed by atoms with E-state index in [9.17, 15) is 14.4 Å². The van der Waals surface area contributed by atoms with Crippen molar-refractivity contribution in [3.8, 4) is 0 Å². The number of benzene rings is 1. The van der Waals surface area contributed by atoms with E-state index < -0.39 is 12.0 Å². The van der Waals surface area contributed by atoms with Gasteiger partial charge in [-0.05, 0) is 30.1 Å². The number of nitrogens with zero attached hydrogens (tertiary/aromatic N) is 1. The molecular formula is C16H20N2O4S. The number of methoxy groups -OCH3 is 1. The monoisotopic (exact) mass is 336 g/mol. The zero-order chi connectivity index (χ0) is 16.8. The predicted octanol–water partition coefficient (Wildman–Crippen LogP) is 1.05. The summed E-state index contributed by atoms with van der Waals surface area (Å²) in [5.41, 5.74) is 1.55. The third-order valence-corrected chi connectivity index (χ3v) is 4.31. The Morgan fingerprint density at radius 1 is 1.39 bits per heavy atom. The highest BCUT2D eigenvalue weighted by Crippen LogP contribution is 2.21. The summed E-state index contributed by atoms with van der Waals surface area (Å²) in [6.45, 7) is 0.344. The predicted molar refractivity (Wildman–Crippen MR) is 88.1 cm³/mol. The van der Waals surface area contributed by atoms with Gasteiger partial charge in [0.05, 0.1) is 7.11 Å². The van der Waals surface area contributed by atoms with Crippen LogP contribution in [0.4, 0.5) is 0 Å². The van der Waals surface area contributed by atoms with E-state index in [1.807, 2.05) is 18.4 Å². The van der Waals surface area contributed by atoms with E-state index in [0.717, 1.165) is 11.3 Å². The van der Waals surface area contributed by atoms with E-state index in [-0.39, 0.29) is 18.4 Å². The summed E-state index contributed by atoms with van der Waals surface area (Å²) >= 11 is 1.59. The zero-order valence-corrected chi connectivity index (χ0v) is 14.0. The fraction of sp³-hybridized carbons (Fsp3) is 0.438. The van der Waals surface area contributed by atoms with Gasteiger partial charge in [-0.1, -0.05) is 18.2 Å². The Kier molecular flexibility index (Phi) is 6.04. The van der Waals surface area contributed by atoms with Gasteiger partial charge in [0.15, 0.2) is 0 Å². The Morgan fingerprint density at radius 2 is 2.13 bits per heavy atom. The average Bonchev–Trinajstić information content (AvgIpc) is 2.87. The van der Waals surface area contributed by atoms with Crippen LogP contribution in [-0.4, -0.2) is 54.4 Å². The molecule has 0 saturated carbocycles. The number of fused-ring (bicyclic) bond motifs is 1. The van der Waals surface area contributed by atoms with Gasteiger partial charge in [-0.2, -0.15) is 11.8 Å². The quantitative estimate of drug-likeness (QED) is 0.754. The molecule has 7 heteroatoms. The minimum Gasteiger partial charge on any atom is -0.467 e. The topological polar surface area (TPSA) is 75.7 Å². The van der Waals surface area contributed by atoms with Crippen molar-refractivity contribution in [2.45, 2.75) is 19.0 Å². The second-order valence-corrected chi connectivity index (χ2v) is 6.23. The highest BCUT2D eigenvalue weighted by atomic mass is 32.2. The third kappa shape index (κ3) is 4.25. The van der Waals surface area contributed by atoms with Crippen LogP contribution in [0, 0.1) is 0 Å². The molecule has 1 aliphatic rings. The summed E-state index contributed by atoms with van der Waals surface area (Å²) in [5.74, 6) is -0.255. The molecule has 0 aliphatic carbocycles. The second kappa shape index (κ2) is 8.01. The first kappa shape index (κ1) is 17.3. The first-order valence-corrected chi connectivity index (χ1v) is 8.69. The van der Waals surface area contributed by atoms with Crippen LogP contribution in [0.1, 0.15) is 22.3 Å². The van der Waals surface area contributed by atoms with Crippen LogP contribution in [0.25, 0.3) is 0 Å². The SMILES string of the molecule is COC(=O)[C@@H](CCSC)NC(=O)CN1Cc2ccccc2C1=O. The number of rotatable bonds is 7. The normalized spacial score (nSPS) is 14.3. The van der Waals surface area contributed by atoms with Crippen molar-refractivity contribution in [2.24, 2.45) is 0 Å². The van der Waals surface area contributed by atoms with Crippen molar-refractivity contribution < 1.29 is 19.1 Å². The van der Waals surface area contributed by atoms with Crippen LogP contribution >= 0.6 is 11.8 Å². The molecule has 124 valence electrons. The molecule has 6 nitrogen and oxygen atoms in total. The summed E-state index contributed by atoms with van der Waals surface area (Å²) in [6.07, 6.45) is 2.42. The van der Waals surface area contributed by atoms with E-state index in [4.69, 9.17) is 4.74 Å². The van der Waals surface area contributed by atoms with Gasteiger partial charge in [0.25, 0.3) is 5.91 Å². The van der Waals surface area contributed by atoms with Crippen LogP contribution in [0.2, 0.25) is 0 Å². The molecule has 0 unspecified atom stereocenters. The standard InChI is InChI=1S/C16H20N2O4S/c1-22-16(21)13(7-8-23-2)17-14(19)10-18-9-11-5-3-4-6-12(11)15(18)20/h3-6,13H,7-10H2,1-2H3,(H,17,19)/t13-/m1/s1. The molecule has 2 amide bonds. The number of amides is 2. The zero-order valence-electron chi connectivity index (χ0n) is 13.2. The van der Waals surface area contributed by atoms with E-state index >= 15 is 0 Å². The largest absolute Gasteiger partial charge is 0.467 e. The molecule has 0 spiro atoms. The lowest BCUT2D eigenvalue weighted by molar-refractivity contribution is -0.145. The molecule has 1 aromatic rings. The molecule has 0 bridgehead atoms. The van der Waals surface area contributed by atoms with Crippen molar-refractivity contribution in [3.63, 3.8) is 0 Å². The van der Waals surface area contributed by atoms with Gasteiger partial charge in [0.1, 0.15) is 12.6 Å². The molecule has 0 saturated heterocycles. The number of thioether (sulfide) groups is 1. The number of esters is 1. The number of ether oxygens (including phenoxy) is 1. The van der Waals surface area contributed by atoms with Gasteiger partial charge in [-0.25, -0.2) is 4.79 Å².